The van der Waals surface area contributed by atoms with Gasteiger partial charge in [0, 0.05) is 25.2 Å². The second-order valence-electron chi connectivity index (χ2n) is 6.78. The van der Waals surface area contributed by atoms with Crippen molar-refractivity contribution in [3.8, 4) is 0 Å². The zero-order chi connectivity index (χ0) is 15.4. The topological polar surface area (TPSA) is 15.3 Å². The van der Waals surface area contributed by atoms with Gasteiger partial charge in [-0.05, 0) is 42.9 Å². The summed E-state index contributed by atoms with van der Waals surface area (Å²) in [7, 11) is 0. The van der Waals surface area contributed by atoms with Gasteiger partial charge in [-0.2, -0.15) is 0 Å². The van der Waals surface area contributed by atoms with E-state index in [1.165, 1.54) is 24.2 Å². The largest absolute Gasteiger partial charge is 0.309 e. The summed E-state index contributed by atoms with van der Waals surface area (Å²) in [5, 5.41) is 3.70. The standard InChI is InChI=1S/C19H32N2/c1-6-17-8-10-18(11-9-17)19(20-7-2)16(5)21-12-14(3)15(4)13-21/h8-11,14-16,19-20H,6-7,12-13H2,1-5H3. The van der Waals surface area contributed by atoms with Crippen LogP contribution in [0.5, 0.6) is 0 Å². The van der Waals surface area contributed by atoms with Crippen LogP contribution >= 0.6 is 0 Å². The lowest BCUT2D eigenvalue weighted by atomic mass is 9.97. The van der Waals surface area contributed by atoms with Gasteiger partial charge in [0.1, 0.15) is 0 Å². The summed E-state index contributed by atoms with van der Waals surface area (Å²) in [6, 6.07) is 10.2. The third-order valence-electron chi connectivity index (χ3n) is 5.25. The van der Waals surface area contributed by atoms with Crippen molar-refractivity contribution >= 4 is 0 Å². The Balaban J connectivity index is 2.13. The Morgan fingerprint density at radius 2 is 1.67 bits per heavy atom. The van der Waals surface area contributed by atoms with E-state index in [2.05, 4.69) is 69.1 Å². The number of nitrogens with zero attached hydrogens (tertiary/aromatic N) is 1. The molecule has 118 valence electrons. The van der Waals surface area contributed by atoms with Crippen LogP contribution in [0.2, 0.25) is 0 Å². The zero-order valence-corrected chi connectivity index (χ0v) is 14.4. The van der Waals surface area contributed by atoms with E-state index >= 15 is 0 Å². The normalized spacial score (nSPS) is 26.0. The molecule has 1 N–H and O–H groups in total. The molecule has 1 aromatic carbocycles. The lowest BCUT2D eigenvalue weighted by Gasteiger charge is -2.33. The minimum Gasteiger partial charge on any atom is -0.309 e. The van der Waals surface area contributed by atoms with E-state index in [4.69, 9.17) is 0 Å². The van der Waals surface area contributed by atoms with Gasteiger partial charge in [0.15, 0.2) is 0 Å². The highest BCUT2D eigenvalue weighted by molar-refractivity contribution is 5.26. The molecule has 0 amide bonds. The van der Waals surface area contributed by atoms with Crippen LogP contribution in [0.3, 0.4) is 0 Å². The number of rotatable bonds is 6. The highest BCUT2D eigenvalue weighted by Crippen LogP contribution is 2.29. The molecule has 0 spiro atoms. The summed E-state index contributed by atoms with van der Waals surface area (Å²) >= 11 is 0. The van der Waals surface area contributed by atoms with Crippen LogP contribution in [0.1, 0.15) is 51.8 Å². The maximum absolute atomic E-state index is 3.70. The first kappa shape index (κ1) is 16.5. The van der Waals surface area contributed by atoms with Crippen molar-refractivity contribution < 1.29 is 0 Å². The average Bonchev–Trinajstić information content (AvgIpc) is 2.84. The Kier molecular flexibility index (Phi) is 5.83. The number of hydrogen-bond donors (Lipinski definition) is 1. The molecule has 2 rings (SSSR count). The second-order valence-corrected chi connectivity index (χ2v) is 6.78. The Morgan fingerprint density at radius 3 is 2.14 bits per heavy atom. The first-order valence-corrected chi connectivity index (χ1v) is 8.63. The van der Waals surface area contributed by atoms with E-state index < -0.39 is 0 Å². The minimum atomic E-state index is 0.429. The summed E-state index contributed by atoms with van der Waals surface area (Å²) in [4.78, 5) is 2.66. The smallest absolute Gasteiger partial charge is 0.0475 e. The molecule has 1 fully saturated rings. The molecule has 1 heterocycles. The lowest BCUT2D eigenvalue weighted by Crippen LogP contribution is -2.42. The van der Waals surface area contributed by atoms with E-state index in [0.29, 0.717) is 12.1 Å². The molecule has 21 heavy (non-hydrogen) atoms. The first-order valence-electron chi connectivity index (χ1n) is 8.63. The van der Waals surface area contributed by atoms with Crippen molar-refractivity contribution in [2.24, 2.45) is 11.8 Å². The third-order valence-corrected chi connectivity index (χ3v) is 5.25. The van der Waals surface area contributed by atoms with Crippen molar-refractivity contribution in [1.82, 2.24) is 10.2 Å². The fraction of sp³-hybridized carbons (Fsp3) is 0.684. The molecule has 4 atom stereocenters. The van der Waals surface area contributed by atoms with Gasteiger partial charge < -0.3 is 5.32 Å². The van der Waals surface area contributed by atoms with Crippen LogP contribution in [0.4, 0.5) is 0 Å². The minimum absolute atomic E-state index is 0.429. The van der Waals surface area contributed by atoms with Crippen molar-refractivity contribution in [2.45, 2.75) is 53.1 Å². The molecule has 1 aromatic rings. The van der Waals surface area contributed by atoms with E-state index in [1.54, 1.807) is 0 Å². The van der Waals surface area contributed by atoms with Crippen molar-refractivity contribution in [1.29, 1.82) is 0 Å². The lowest BCUT2D eigenvalue weighted by molar-refractivity contribution is 0.199. The highest BCUT2D eigenvalue weighted by atomic mass is 15.2. The summed E-state index contributed by atoms with van der Waals surface area (Å²) in [6.07, 6.45) is 1.11. The number of hydrogen-bond acceptors (Lipinski definition) is 2. The van der Waals surface area contributed by atoms with Gasteiger partial charge in [-0.25, -0.2) is 0 Å². The number of benzene rings is 1. The molecule has 0 saturated carbocycles. The monoisotopic (exact) mass is 288 g/mol. The predicted molar refractivity (Wildman–Crippen MR) is 91.6 cm³/mol. The number of likely N-dealkylation sites (tertiary alicyclic amines) is 1. The molecule has 1 aliphatic rings. The van der Waals surface area contributed by atoms with E-state index in [1.807, 2.05) is 0 Å². The molecular weight excluding hydrogens is 256 g/mol. The van der Waals surface area contributed by atoms with Crippen LogP contribution in [0, 0.1) is 11.8 Å². The average molecular weight is 288 g/mol. The van der Waals surface area contributed by atoms with Gasteiger partial charge in [-0.15, -0.1) is 0 Å². The Morgan fingerprint density at radius 1 is 1.10 bits per heavy atom. The second kappa shape index (κ2) is 7.42. The van der Waals surface area contributed by atoms with Crippen LogP contribution in [-0.4, -0.2) is 30.6 Å². The summed E-state index contributed by atoms with van der Waals surface area (Å²) in [5.41, 5.74) is 2.85. The van der Waals surface area contributed by atoms with E-state index in [0.717, 1.165) is 24.8 Å². The predicted octanol–water partition coefficient (Wildman–Crippen LogP) is 3.88. The molecule has 0 bridgehead atoms. The van der Waals surface area contributed by atoms with Crippen LogP contribution in [0.25, 0.3) is 0 Å². The Bertz CT molecular complexity index is 416. The molecule has 0 aliphatic carbocycles. The van der Waals surface area contributed by atoms with Gasteiger partial charge >= 0.3 is 0 Å². The fourth-order valence-electron chi connectivity index (χ4n) is 3.47. The van der Waals surface area contributed by atoms with Gasteiger partial charge in [0.2, 0.25) is 0 Å². The summed E-state index contributed by atoms with van der Waals surface area (Å²) < 4.78 is 0. The molecule has 1 aliphatic heterocycles. The zero-order valence-electron chi connectivity index (χ0n) is 14.4. The quantitative estimate of drug-likeness (QED) is 0.854. The fourth-order valence-corrected chi connectivity index (χ4v) is 3.47. The van der Waals surface area contributed by atoms with Crippen LogP contribution < -0.4 is 5.32 Å². The maximum Gasteiger partial charge on any atom is 0.0475 e. The highest BCUT2D eigenvalue weighted by Gasteiger charge is 2.32. The Hall–Kier alpha value is -0.860. The maximum atomic E-state index is 3.70. The molecule has 2 heteroatoms. The van der Waals surface area contributed by atoms with E-state index in [9.17, 15) is 0 Å². The van der Waals surface area contributed by atoms with E-state index in [-0.39, 0.29) is 0 Å². The van der Waals surface area contributed by atoms with Crippen LogP contribution in [0.15, 0.2) is 24.3 Å². The van der Waals surface area contributed by atoms with Gasteiger partial charge in [-0.3, -0.25) is 4.90 Å². The molecule has 0 radical (unpaired) electrons. The number of likely N-dealkylation sites (N-methyl/N-ethyl adjacent to an activating group) is 1. The van der Waals surface area contributed by atoms with Gasteiger partial charge in [-0.1, -0.05) is 52.0 Å². The van der Waals surface area contributed by atoms with Crippen LogP contribution in [-0.2, 0) is 6.42 Å². The SMILES string of the molecule is CCNC(c1ccc(CC)cc1)C(C)N1CC(C)C(C)C1. The summed E-state index contributed by atoms with van der Waals surface area (Å²) in [5.74, 6) is 1.63. The van der Waals surface area contributed by atoms with Crippen molar-refractivity contribution in [3.05, 3.63) is 35.4 Å². The summed E-state index contributed by atoms with van der Waals surface area (Å²) in [6.45, 7) is 15.1. The molecular formula is C19H32N2. The number of aryl methyl sites for hydroxylation is 1. The Labute approximate surface area is 130 Å². The molecule has 4 unspecified atom stereocenters. The molecule has 1 saturated heterocycles. The molecule has 0 aromatic heterocycles. The van der Waals surface area contributed by atoms with Crippen molar-refractivity contribution in [2.75, 3.05) is 19.6 Å². The third kappa shape index (κ3) is 3.87. The van der Waals surface area contributed by atoms with Crippen molar-refractivity contribution in [3.63, 3.8) is 0 Å². The van der Waals surface area contributed by atoms with Gasteiger partial charge in [0.05, 0.1) is 0 Å². The molecule has 2 nitrogen and oxygen atoms in total. The first-order chi connectivity index (χ1) is 10.1. The number of nitrogens with one attached hydrogen (secondary N) is 1. The van der Waals surface area contributed by atoms with Gasteiger partial charge in [0.25, 0.3) is 0 Å².